The van der Waals surface area contributed by atoms with Crippen LogP contribution in [0.4, 0.5) is 4.39 Å². The lowest BCUT2D eigenvalue weighted by atomic mass is 10.1. The number of benzene rings is 1. The van der Waals surface area contributed by atoms with Gasteiger partial charge in [-0.3, -0.25) is 9.89 Å². The van der Waals surface area contributed by atoms with E-state index in [1.165, 1.54) is 12.1 Å². The van der Waals surface area contributed by atoms with Crippen LogP contribution in [0.1, 0.15) is 24.2 Å². The van der Waals surface area contributed by atoms with E-state index in [1.54, 1.807) is 6.26 Å². The van der Waals surface area contributed by atoms with Crippen LogP contribution in [-0.4, -0.2) is 79.2 Å². The maximum absolute atomic E-state index is 13.3. The molecular formula is C21H32FIN6O. The first-order valence-electron chi connectivity index (χ1n) is 10.1. The first-order chi connectivity index (χ1) is 14.1. The van der Waals surface area contributed by atoms with Crippen LogP contribution in [-0.2, 0) is 6.54 Å². The second-order valence-electron chi connectivity index (χ2n) is 7.48. The summed E-state index contributed by atoms with van der Waals surface area (Å²) in [6, 6.07) is 8.70. The number of hydrogen-bond donors (Lipinski definition) is 1. The van der Waals surface area contributed by atoms with Crippen molar-refractivity contribution in [2.24, 2.45) is 4.99 Å². The molecule has 7 nitrogen and oxygen atoms in total. The average molecular weight is 530 g/mol. The van der Waals surface area contributed by atoms with Gasteiger partial charge in [-0.15, -0.1) is 24.0 Å². The van der Waals surface area contributed by atoms with Crippen molar-refractivity contribution in [3.8, 4) is 0 Å². The summed E-state index contributed by atoms with van der Waals surface area (Å²) >= 11 is 0. The van der Waals surface area contributed by atoms with Crippen LogP contribution in [0, 0.1) is 5.82 Å². The molecular weight excluding hydrogens is 498 g/mol. The van der Waals surface area contributed by atoms with Crippen LogP contribution >= 0.6 is 24.0 Å². The van der Waals surface area contributed by atoms with Crippen molar-refractivity contribution < 1.29 is 8.91 Å². The third-order valence-corrected chi connectivity index (χ3v) is 5.18. The summed E-state index contributed by atoms with van der Waals surface area (Å²) in [5.41, 5.74) is 2.03. The van der Waals surface area contributed by atoms with E-state index in [1.807, 2.05) is 32.3 Å². The Balaban J connectivity index is 0.00000320. The summed E-state index contributed by atoms with van der Waals surface area (Å²) in [5.74, 6) is 0.717. The molecule has 2 heterocycles. The zero-order valence-electron chi connectivity index (χ0n) is 17.9. The molecule has 1 aliphatic rings. The van der Waals surface area contributed by atoms with Crippen LogP contribution in [0.3, 0.4) is 0 Å². The Morgan fingerprint density at radius 1 is 1.20 bits per heavy atom. The fourth-order valence-electron chi connectivity index (χ4n) is 3.52. The monoisotopic (exact) mass is 530 g/mol. The Hall–Kier alpha value is -1.72. The Morgan fingerprint density at radius 3 is 2.47 bits per heavy atom. The molecule has 166 valence electrons. The number of guanidine groups is 1. The van der Waals surface area contributed by atoms with Crippen molar-refractivity contribution in [1.82, 2.24) is 25.2 Å². The first-order valence-corrected chi connectivity index (χ1v) is 10.1. The minimum Gasteiger partial charge on any atom is -0.364 e. The largest absolute Gasteiger partial charge is 0.364 e. The molecule has 0 saturated carbocycles. The van der Waals surface area contributed by atoms with Crippen LogP contribution in [0.15, 0.2) is 46.1 Å². The maximum Gasteiger partial charge on any atom is 0.194 e. The highest BCUT2D eigenvalue weighted by Crippen LogP contribution is 2.19. The van der Waals surface area contributed by atoms with E-state index in [-0.39, 0.29) is 35.8 Å². The lowest BCUT2D eigenvalue weighted by Gasteiger charge is -2.36. The summed E-state index contributed by atoms with van der Waals surface area (Å²) in [7, 11) is 4.05. The van der Waals surface area contributed by atoms with Gasteiger partial charge in [0.1, 0.15) is 12.1 Å². The number of piperazine rings is 1. The Morgan fingerprint density at radius 2 is 1.90 bits per heavy atom. The number of nitrogens with zero attached hydrogens (tertiary/aromatic N) is 5. The van der Waals surface area contributed by atoms with E-state index in [0.717, 1.165) is 56.5 Å². The standard InChI is InChI=1S/C21H31FN6O.HI/c1-4-23-21(24-15-20(26(2)3)17-5-7-18(22)8-6-17)28-12-10-27(11-13-28)16-19-9-14-29-25-19;/h5-9,14,20H,4,10-13,15-16H2,1-3H3,(H,23,24);1H. The van der Waals surface area contributed by atoms with Crippen LogP contribution in [0.5, 0.6) is 0 Å². The molecule has 2 aromatic rings. The summed E-state index contributed by atoms with van der Waals surface area (Å²) in [4.78, 5) is 11.7. The highest BCUT2D eigenvalue weighted by atomic mass is 127. The van der Waals surface area contributed by atoms with Gasteiger partial charge in [0.25, 0.3) is 0 Å². The van der Waals surface area contributed by atoms with Gasteiger partial charge in [-0.25, -0.2) is 4.39 Å². The minimum atomic E-state index is -0.216. The molecule has 3 rings (SSSR count). The molecule has 1 saturated heterocycles. The first kappa shape index (κ1) is 24.5. The van der Waals surface area contributed by atoms with E-state index in [0.29, 0.717) is 6.54 Å². The topological polar surface area (TPSA) is 60.1 Å². The van der Waals surface area contributed by atoms with Gasteiger partial charge in [-0.2, -0.15) is 0 Å². The van der Waals surface area contributed by atoms with Crippen molar-refractivity contribution >= 4 is 29.9 Å². The smallest absolute Gasteiger partial charge is 0.194 e. The zero-order valence-corrected chi connectivity index (χ0v) is 20.3. The number of likely N-dealkylation sites (N-methyl/N-ethyl adjacent to an activating group) is 1. The van der Waals surface area contributed by atoms with Gasteiger partial charge in [0, 0.05) is 45.3 Å². The summed E-state index contributed by atoms with van der Waals surface area (Å²) < 4.78 is 18.2. The highest BCUT2D eigenvalue weighted by molar-refractivity contribution is 14.0. The number of halogens is 2. The number of hydrogen-bond acceptors (Lipinski definition) is 5. The number of aromatic nitrogens is 1. The average Bonchev–Trinajstić information content (AvgIpc) is 3.22. The SMILES string of the molecule is CCNC(=NCC(c1ccc(F)cc1)N(C)C)N1CCN(Cc2ccon2)CC1.I. The number of rotatable bonds is 7. The van der Waals surface area contributed by atoms with Gasteiger partial charge < -0.3 is 19.6 Å². The molecule has 1 N–H and O–H groups in total. The molecule has 1 aromatic heterocycles. The van der Waals surface area contributed by atoms with Crippen LogP contribution in [0.2, 0.25) is 0 Å². The minimum absolute atomic E-state index is 0. The van der Waals surface area contributed by atoms with Crippen LogP contribution < -0.4 is 5.32 Å². The second-order valence-corrected chi connectivity index (χ2v) is 7.48. The van der Waals surface area contributed by atoms with Gasteiger partial charge in [-0.05, 0) is 38.7 Å². The van der Waals surface area contributed by atoms with Crippen LogP contribution in [0.25, 0.3) is 0 Å². The molecule has 1 aromatic carbocycles. The van der Waals surface area contributed by atoms with Crippen molar-refractivity contribution in [2.45, 2.75) is 19.5 Å². The molecule has 1 atom stereocenters. The van der Waals surface area contributed by atoms with Crippen molar-refractivity contribution in [3.05, 3.63) is 53.7 Å². The van der Waals surface area contributed by atoms with Crippen molar-refractivity contribution in [1.29, 1.82) is 0 Å². The molecule has 30 heavy (non-hydrogen) atoms. The zero-order chi connectivity index (χ0) is 20.6. The fourth-order valence-corrected chi connectivity index (χ4v) is 3.52. The molecule has 0 aliphatic carbocycles. The molecule has 1 fully saturated rings. The van der Waals surface area contributed by atoms with Gasteiger partial charge >= 0.3 is 0 Å². The molecule has 9 heteroatoms. The lowest BCUT2D eigenvalue weighted by molar-refractivity contribution is 0.168. The van der Waals surface area contributed by atoms with Gasteiger partial charge in [0.05, 0.1) is 18.3 Å². The van der Waals surface area contributed by atoms with Gasteiger partial charge in [0.15, 0.2) is 5.96 Å². The third kappa shape index (κ3) is 6.92. The third-order valence-electron chi connectivity index (χ3n) is 5.18. The van der Waals surface area contributed by atoms with Gasteiger partial charge in [0.2, 0.25) is 0 Å². The van der Waals surface area contributed by atoms with E-state index in [4.69, 9.17) is 9.52 Å². The summed E-state index contributed by atoms with van der Waals surface area (Å²) in [5, 5.41) is 7.42. The predicted octanol–water partition coefficient (Wildman–Crippen LogP) is 2.82. The maximum atomic E-state index is 13.3. The van der Waals surface area contributed by atoms with E-state index >= 15 is 0 Å². The molecule has 1 aliphatic heterocycles. The second kappa shape index (κ2) is 12.2. The van der Waals surface area contributed by atoms with E-state index in [2.05, 4.69) is 32.1 Å². The molecule has 1 unspecified atom stereocenters. The van der Waals surface area contributed by atoms with Gasteiger partial charge in [-0.1, -0.05) is 17.3 Å². The Labute approximate surface area is 195 Å². The van der Waals surface area contributed by atoms with E-state index < -0.39 is 0 Å². The molecule has 0 radical (unpaired) electrons. The summed E-state index contributed by atoms with van der Waals surface area (Å²) in [6.07, 6.45) is 1.61. The number of aliphatic imine (C=N–C) groups is 1. The number of nitrogens with one attached hydrogen (secondary N) is 1. The quantitative estimate of drug-likeness (QED) is 0.338. The van der Waals surface area contributed by atoms with Crippen molar-refractivity contribution in [2.75, 3.05) is 53.4 Å². The molecule has 0 spiro atoms. The summed E-state index contributed by atoms with van der Waals surface area (Å²) in [6.45, 7) is 8.05. The Bertz CT molecular complexity index is 760. The fraction of sp³-hybridized carbons (Fsp3) is 0.524. The Kier molecular flexibility index (Phi) is 9.99. The highest BCUT2D eigenvalue weighted by Gasteiger charge is 2.21. The normalized spacial score (nSPS) is 16.4. The van der Waals surface area contributed by atoms with E-state index in [9.17, 15) is 4.39 Å². The van der Waals surface area contributed by atoms with Crippen molar-refractivity contribution in [3.63, 3.8) is 0 Å². The molecule has 0 bridgehead atoms. The predicted molar refractivity (Wildman–Crippen MR) is 128 cm³/mol. The molecule has 0 amide bonds. The lowest BCUT2D eigenvalue weighted by Crippen LogP contribution is -2.52.